The van der Waals surface area contributed by atoms with Crippen LogP contribution in [0.2, 0.25) is 5.02 Å². The van der Waals surface area contributed by atoms with Gasteiger partial charge in [-0.25, -0.2) is 4.79 Å². The molecule has 4 aromatic rings. The Morgan fingerprint density at radius 3 is 2.33 bits per heavy atom. The maximum atomic E-state index is 13.3. The number of hydrogen-bond donors (Lipinski definition) is 1. The second-order valence-corrected chi connectivity index (χ2v) is 7.26. The molecule has 0 fully saturated rings. The Morgan fingerprint density at radius 2 is 1.70 bits per heavy atom. The van der Waals surface area contributed by atoms with Gasteiger partial charge in [-0.15, -0.1) is 0 Å². The largest absolute Gasteiger partial charge is 0.497 e. The van der Waals surface area contributed by atoms with Crippen molar-refractivity contribution < 1.29 is 14.6 Å². The zero-order valence-corrected chi connectivity index (χ0v) is 16.9. The molecule has 0 saturated carbocycles. The number of hydrogen-bond acceptors (Lipinski definition) is 3. The molecule has 1 aromatic heterocycles. The molecule has 0 unspecified atom stereocenters. The summed E-state index contributed by atoms with van der Waals surface area (Å²) in [5, 5.41) is 11.5. The first-order valence-electron chi connectivity index (χ1n) is 9.27. The van der Waals surface area contributed by atoms with Gasteiger partial charge in [-0.3, -0.25) is 9.36 Å². The van der Waals surface area contributed by atoms with Gasteiger partial charge in [0.2, 0.25) is 0 Å². The van der Waals surface area contributed by atoms with E-state index in [9.17, 15) is 14.7 Å². The number of carboxylic acids is 1. The van der Waals surface area contributed by atoms with Crippen LogP contribution in [0, 0.1) is 0 Å². The highest BCUT2D eigenvalue weighted by Crippen LogP contribution is 2.33. The zero-order chi connectivity index (χ0) is 21.3. The summed E-state index contributed by atoms with van der Waals surface area (Å²) in [6, 6.07) is 21.3. The van der Waals surface area contributed by atoms with Gasteiger partial charge in [0.25, 0.3) is 5.56 Å². The van der Waals surface area contributed by atoms with Gasteiger partial charge in [0.05, 0.1) is 13.7 Å². The molecule has 0 aliphatic carbocycles. The van der Waals surface area contributed by atoms with Crippen molar-refractivity contribution in [2.75, 3.05) is 7.11 Å². The molecule has 150 valence electrons. The van der Waals surface area contributed by atoms with Gasteiger partial charge < -0.3 is 9.84 Å². The minimum atomic E-state index is -1.18. The van der Waals surface area contributed by atoms with E-state index in [4.69, 9.17) is 16.3 Å². The Hall–Kier alpha value is -3.57. The lowest BCUT2D eigenvalue weighted by Gasteiger charge is -2.18. The molecule has 4 rings (SSSR count). The average Bonchev–Trinajstić information content (AvgIpc) is 2.76. The highest BCUT2D eigenvalue weighted by Gasteiger charge is 2.23. The summed E-state index contributed by atoms with van der Waals surface area (Å²) < 4.78 is 6.53. The zero-order valence-electron chi connectivity index (χ0n) is 16.1. The van der Waals surface area contributed by atoms with Crippen LogP contribution in [-0.4, -0.2) is 22.8 Å². The summed E-state index contributed by atoms with van der Waals surface area (Å²) in [5.74, 6) is -0.536. The first-order chi connectivity index (χ1) is 14.5. The average molecular weight is 420 g/mol. The van der Waals surface area contributed by atoms with Crippen LogP contribution in [0.4, 0.5) is 0 Å². The molecule has 0 aliphatic rings. The number of carboxylic acid groups (broad SMARTS) is 1. The number of methoxy groups -OCH3 is 1. The molecular formula is C24H18ClNO4. The van der Waals surface area contributed by atoms with Crippen molar-refractivity contribution in [3.63, 3.8) is 0 Å². The van der Waals surface area contributed by atoms with Gasteiger partial charge in [-0.05, 0) is 46.8 Å². The Kier molecular flexibility index (Phi) is 5.29. The molecule has 3 aromatic carbocycles. The monoisotopic (exact) mass is 419 g/mol. The number of pyridine rings is 1. The van der Waals surface area contributed by atoms with E-state index in [-0.39, 0.29) is 17.8 Å². The number of aromatic nitrogens is 1. The lowest BCUT2D eigenvalue weighted by Crippen LogP contribution is -2.28. The molecule has 0 spiro atoms. The van der Waals surface area contributed by atoms with Gasteiger partial charge in [0.1, 0.15) is 11.4 Å². The first kappa shape index (κ1) is 19.7. The minimum Gasteiger partial charge on any atom is -0.497 e. The normalized spacial score (nSPS) is 10.9. The summed E-state index contributed by atoms with van der Waals surface area (Å²) >= 11 is 6.20. The van der Waals surface area contributed by atoms with Crippen LogP contribution in [-0.2, 0) is 6.54 Å². The molecule has 0 bridgehead atoms. The number of benzene rings is 3. The maximum absolute atomic E-state index is 13.3. The van der Waals surface area contributed by atoms with Gasteiger partial charge >= 0.3 is 5.97 Å². The molecular weight excluding hydrogens is 402 g/mol. The predicted molar refractivity (Wildman–Crippen MR) is 118 cm³/mol. The third-order valence-electron chi connectivity index (χ3n) is 5.00. The number of ether oxygens (including phenoxy) is 1. The van der Waals surface area contributed by atoms with E-state index in [1.165, 1.54) is 4.57 Å². The van der Waals surface area contributed by atoms with Crippen LogP contribution in [0.5, 0.6) is 5.75 Å². The van der Waals surface area contributed by atoms with Crippen LogP contribution in [0.3, 0.4) is 0 Å². The number of rotatable bonds is 5. The summed E-state index contributed by atoms with van der Waals surface area (Å²) in [6.07, 6.45) is 0. The van der Waals surface area contributed by atoms with Crippen molar-refractivity contribution in [1.82, 2.24) is 4.57 Å². The van der Waals surface area contributed by atoms with Crippen LogP contribution >= 0.6 is 11.6 Å². The van der Waals surface area contributed by atoms with Crippen LogP contribution in [0.15, 0.2) is 77.6 Å². The standard InChI is InChI=1S/C24H18ClNO4/c1-30-18-10-7-16(8-11-18)21-20-13-17(25)9-12-19(20)23(27)26(22(21)24(28)29)14-15-5-3-2-4-6-15/h2-13H,14H2,1H3,(H,28,29). The summed E-state index contributed by atoms with van der Waals surface area (Å²) in [4.78, 5) is 25.7. The smallest absolute Gasteiger partial charge is 0.353 e. The van der Waals surface area contributed by atoms with E-state index in [0.29, 0.717) is 32.7 Å². The number of halogens is 1. The van der Waals surface area contributed by atoms with E-state index in [1.54, 1.807) is 49.6 Å². The van der Waals surface area contributed by atoms with E-state index >= 15 is 0 Å². The van der Waals surface area contributed by atoms with E-state index in [0.717, 1.165) is 5.56 Å². The Bertz CT molecular complexity index is 1300. The lowest BCUT2D eigenvalue weighted by molar-refractivity contribution is 0.0685. The van der Waals surface area contributed by atoms with Crippen LogP contribution in [0.25, 0.3) is 21.9 Å². The number of aromatic carboxylic acids is 1. The maximum Gasteiger partial charge on any atom is 0.353 e. The second-order valence-electron chi connectivity index (χ2n) is 6.82. The Labute approximate surface area is 177 Å². The number of carbonyl (C=O) groups is 1. The fourth-order valence-electron chi connectivity index (χ4n) is 3.61. The van der Waals surface area contributed by atoms with Gasteiger partial charge in [-0.2, -0.15) is 0 Å². The summed E-state index contributed by atoms with van der Waals surface area (Å²) in [6.45, 7) is 0.142. The quantitative estimate of drug-likeness (QED) is 0.490. The summed E-state index contributed by atoms with van der Waals surface area (Å²) in [5.41, 5.74) is 1.47. The van der Waals surface area contributed by atoms with Crippen molar-refractivity contribution in [3.05, 3.63) is 99.4 Å². The van der Waals surface area contributed by atoms with Crippen molar-refractivity contribution in [3.8, 4) is 16.9 Å². The fourth-order valence-corrected chi connectivity index (χ4v) is 3.78. The molecule has 6 heteroatoms. The molecule has 0 aliphatic heterocycles. The lowest BCUT2D eigenvalue weighted by atomic mass is 9.96. The van der Waals surface area contributed by atoms with Crippen molar-refractivity contribution >= 4 is 28.3 Å². The topological polar surface area (TPSA) is 68.5 Å². The van der Waals surface area contributed by atoms with E-state index in [1.807, 2.05) is 30.3 Å². The third-order valence-corrected chi connectivity index (χ3v) is 5.23. The SMILES string of the molecule is COc1ccc(-c2c(C(=O)O)n(Cc3ccccc3)c(=O)c3ccc(Cl)cc23)cc1. The molecule has 0 amide bonds. The van der Waals surface area contributed by atoms with Crippen LogP contribution < -0.4 is 10.3 Å². The second kappa shape index (κ2) is 8.05. The van der Waals surface area contributed by atoms with Crippen molar-refractivity contribution in [2.24, 2.45) is 0 Å². The van der Waals surface area contributed by atoms with E-state index in [2.05, 4.69) is 0 Å². The molecule has 1 N–H and O–H groups in total. The molecule has 0 saturated heterocycles. The van der Waals surface area contributed by atoms with Gasteiger partial charge in [0.15, 0.2) is 0 Å². The van der Waals surface area contributed by atoms with Crippen LogP contribution in [0.1, 0.15) is 16.1 Å². The summed E-state index contributed by atoms with van der Waals surface area (Å²) in [7, 11) is 1.56. The Morgan fingerprint density at radius 1 is 1.00 bits per heavy atom. The molecule has 5 nitrogen and oxygen atoms in total. The highest BCUT2D eigenvalue weighted by molar-refractivity contribution is 6.31. The van der Waals surface area contributed by atoms with Crippen molar-refractivity contribution in [1.29, 1.82) is 0 Å². The third kappa shape index (κ3) is 3.55. The predicted octanol–water partition coefficient (Wildman–Crippen LogP) is 5.08. The van der Waals surface area contributed by atoms with E-state index < -0.39 is 5.97 Å². The highest BCUT2D eigenvalue weighted by atomic mass is 35.5. The molecule has 0 atom stereocenters. The molecule has 0 radical (unpaired) electrons. The first-order valence-corrected chi connectivity index (χ1v) is 9.65. The number of fused-ring (bicyclic) bond motifs is 1. The van der Waals surface area contributed by atoms with Crippen molar-refractivity contribution in [2.45, 2.75) is 6.54 Å². The number of nitrogens with zero attached hydrogens (tertiary/aromatic N) is 1. The Balaban J connectivity index is 2.09. The molecule has 1 heterocycles. The molecule has 30 heavy (non-hydrogen) atoms. The minimum absolute atomic E-state index is 0.0798. The van der Waals surface area contributed by atoms with Gasteiger partial charge in [-0.1, -0.05) is 54.1 Å². The van der Waals surface area contributed by atoms with Gasteiger partial charge in [0, 0.05) is 16.0 Å². The fraction of sp³-hybridized carbons (Fsp3) is 0.0833.